The molecule has 0 aliphatic carbocycles. The molecule has 0 amide bonds. The van der Waals surface area contributed by atoms with Crippen molar-refractivity contribution in [2.45, 2.75) is 38.5 Å². The summed E-state index contributed by atoms with van der Waals surface area (Å²) in [6.07, 6.45) is 1.89. The molecule has 0 saturated carbocycles. The number of benzene rings is 2. The summed E-state index contributed by atoms with van der Waals surface area (Å²) in [4.78, 5) is 13.9. The number of piperidine rings is 1. The van der Waals surface area contributed by atoms with Gasteiger partial charge in [-0.3, -0.25) is 9.69 Å². The van der Waals surface area contributed by atoms with E-state index < -0.39 is 0 Å². The maximum Gasteiger partial charge on any atom is 0.302 e. The Morgan fingerprint density at radius 2 is 1.74 bits per heavy atom. The summed E-state index contributed by atoms with van der Waals surface area (Å²) in [5.74, 6) is -0.197. The maximum atomic E-state index is 11.5. The lowest BCUT2D eigenvalue weighted by atomic mass is 9.91. The molecule has 2 aromatic rings. The van der Waals surface area contributed by atoms with Crippen LogP contribution in [0, 0.1) is 0 Å². The Morgan fingerprint density at radius 1 is 1.09 bits per heavy atom. The molecule has 3 heteroatoms. The van der Waals surface area contributed by atoms with Crippen molar-refractivity contribution in [2.75, 3.05) is 6.54 Å². The molecule has 0 bridgehead atoms. The minimum absolute atomic E-state index is 0.0765. The Labute approximate surface area is 137 Å². The SMILES string of the molecule is CC(=O)O[C@H]1CCCN(Cc2ccccc2)[C@H]1c1ccccc1. The van der Waals surface area contributed by atoms with E-state index in [1.807, 2.05) is 12.1 Å². The third kappa shape index (κ3) is 3.99. The van der Waals surface area contributed by atoms with Gasteiger partial charge in [0, 0.05) is 13.5 Å². The van der Waals surface area contributed by atoms with Gasteiger partial charge in [-0.15, -0.1) is 0 Å². The van der Waals surface area contributed by atoms with Crippen LogP contribution in [0.15, 0.2) is 60.7 Å². The third-order valence-electron chi connectivity index (χ3n) is 4.37. The lowest BCUT2D eigenvalue weighted by Gasteiger charge is -2.41. The summed E-state index contributed by atoms with van der Waals surface area (Å²) >= 11 is 0. The molecule has 1 fully saturated rings. The van der Waals surface area contributed by atoms with Crippen molar-refractivity contribution < 1.29 is 9.53 Å². The minimum Gasteiger partial charge on any atom is -0.461 e. The highest BCUT2D eigenvalue weighted by molar-refractivity contribution is 5.66. The number of hydrogen-bond acceptors (Lipinski definition) is 3. The van der Waals surface area contributed by atoms with Crippen molar-refractivity contribution in [3.8, 4) is 0 Å². The van der Waals surface area contributed by atoms with Crippen LogP contribution in [0.2, 0.25) is 0 Å². The summed E-state index contributed by atoms with van der Waals surface area (Å²) in [5.41, 5.74) is 2.51. The van der Waals surface area contributed by atoms with E-state index in [9.17, 15) is 4.79 Å². The normalized spacial score (nSPS) is 21.8. The molecule has 1 aliphatic rings. The van der Waals surface area contributed by atoms with Gasteiger partial charge in [-0.2, -0.15) is 0 Å². The van der Waals surface area contributed by atoms with Crippen molar-refractivity contribution >= 4 is 5.97 Å². The Hall–Kier alpha value is -2.13. The smallest absolute Gasteiger partial charge is 0.302 e. The summed E-state index contributed by atoms with van der Waals surface area (Å²) in [5, 5.41) is 0. The monoisotopic (exact) mass is 309 g/mol. The molecule has 23 heavy (non-hydrogen) atoms. The average molecular weight is 309 g/mol. The van der Waals surface area contributed by atoms with Gasteiger partial charge in [0.25, 0.3) is 0 Å². The Bertz CT molecular complexity index is 627. The largest absolute Gasteiger partial charge is 0.461 e. The van der Waals surface area contributed by atoms with Crippen molar-refractivity contribution in [2.24, 2.45) is 0 Å². The van der Waals surface area contributed by atoms with E-state index in [2.05, 4.69) is 53.4 Å². The van der Waals surface area contributed by atoms with Crippen molar-refractivity contribution in [3.63, 3.8) is 0 Å². The molecule has 0 aromatic heterocycles. The van der Waals surface area contributed by atoms with Crippen LogP contribution in [-0.2, 0) is 16.1 Å². The van der Waals surface area contributed by atoms with Crippen LogP contribution in [0.3, 0.4) is 0 Å². The van der Waals surface area contributed by atoms with E-state index in [1.54, 1.807) is 0 Å². The van der Waals surface area contributed by atoms with Crippen LogP contribution in [0.25, 0.3) is 0 Å². The fraction of sp³-hybridized carbons (Fsp3) is 0.350. The Balaban J connectivity index is 1.87. The van der Waals surface area contributed by atoms with Gasteiger partial charge in [0.2, 0.25) is 0 Å². The fourth-order valence-corrected chi connectivity index (χ4v) is 3.44. The number of carbonyl (C=O) groups is 1. The molecule has 1 heterocycles. The van der Waals surface area contributed by atoms with E-state index in [0.717, 1.165) is 25.9 Å². The molecular weight excluding hydrogens is 286 g/mol. The highest BCUT2D eigenvalue weighted by Crippen LogP contribution is 2.34. The molecular formula is C20H23NO2. The molecule has 3 nitrogen and oxygen atoms in total. The van der Waals surface area contributed by atoms with Crippen LogP contribution in [0.5, 0.6) is 0 Å². The fourth-order valence-electron chi connectivity index (χ4n) is 3.44. The zero-order valence-electron chi connectivity index (χ0n) is 13.5. The minimum atomic E-state index is -0.197. The van der Waals surface area contributed by atoms with E-state index in [4.69, 9.17) is 4.74 Å². The van der Waals surface area contributed by atoms with Crippen LogP contribution in [0.4, 0.5) is 0 Å². The quantitative estimate of drug-likeness (QED) is 0.801. The Morgan fingerprint density at radius 3 is 2.39 bits per heavy atom. The lowest BCUT2D eigenvalue weighted by molar-refractivity contribution is -0.153. The number of hydrogen-bond donors (Lipinski definition) is 0. The van der Waals surface area contributed by atoms with Crippen molar-refractivity contribution in [3.05, 3.63) is 71.8 Å². The van der Waals surface area contributed by atoms with Gasteiger partial charge >= 0.3 is 5.97 Å². The molecule has 2 aromatic carbocycles. The average Bonchev–Trinajstić information content (AvgIpc) is 2.56. The van der Waals surface area contributed by atoms with E-state index in [1.165, 1.54) is 18.1 Å². The van der Waals surface area contributed by atoms with Crippen LogP contribution < -0.4 is 0 Å². The van der Waals surface area contributed by atoms with Gasteiger partial charge in [-0.05, 0) is 30.5 Å². The second-order valence-corrected chi connectivity index (χ2v) is 6.10. The molecule has 120 valence electrons. The van der Waals surface area contributed by atoms with Crippen molar-refractivity contribution in [1.82, 2.24) is 4.90 Å². The van der Waals surface area contributed by atoms with E-state index in [-0.39, 0.29) is 18.1 Å². The number of esters is 1. The number of rotatable bonds is 4. The molecule has 0 spiro atoms. The maximum absolute atomic E-state index is 11.5. The highest BCUT2D eigenvalue weighted by Gasteiger charge is 2.34. The number of ether oxygens (including phenoxy) is 1. The van der Waals surface area contributed by atoms with Crippen molar-refractivity contribution in [1.29, 1.82) is 0 Å². The van der Waals surface area contributed by atoms with Crippen LogP contribution in [-0.4, -0.2) is 23.5 Å². The van der Waals surface area contributed by atoms with Crippen LogP contribution >= 0.6 is 0 Å². The zero-order valence-corrected chi connectivity index (χ0v) is 13.5. The predicted octanol–water partition coefficient (Wildman–Crippen LogP) is 3.96. The van der Waals surface area contributed by atoms with Gasteiger partial charge in [-0.25, -0.2) is 0 Å². The summed E-state index contributed by atoms with van der Waals surface area (Å²) in [6.45, 7) is 3.39. The molecule has 3 rings (SSSR count). The molecule has 0 radical (unpaired) electrons. The van der Waals surface area contributed by atoms with Gasteiger partial charge in [0.15, 0.2) is 0 Å². The second kappa shape index (κ2) is 7.42. The zero-order chi connectivity index (χ0) is 16.1. The van der Waals surface area contributed by atoms with Gasteiger partial charge in [0.1, 0.15) is 6.10 Å². The number of likely N-dealkylation sites (tertiary alicyclic amines) is 1. The molecule has 1 aliphatic heterocycles. The number of carbonyl (C=O) groups excluding carboxylic acids is 1. The van der Waals surface area contributed by atoms with Crippen LogP contribution in [0.1, 0.15) is 36.9 Å². The second-order valence-electron chi connectivity index (χ2n) is 6.10. The Kier molecular flexibility index (Phi) is 5.09. The first-order valence-electron chi connectivity index (χ1n) is 8.24. The standard InChI is InChI=1S/C20H23NO2/c1-16(22)23-19-13-8-14-21(15-17-9-4-2-5-10-17)20(19)18-11-6-3-7-12-18/h2-7,9-12,19-20H,8,13-15H2,1H3/t19-,20-/m0/s1. The third-order valence-corrected chi connectivity index (χ3v) is 4.37. The summed E-state index contributed by atoms with van der Waals surface area (Å²) < 4.78 is 5.65. The summed E-state index contributed by atoms with van der Waals surface area (Å²) in [7, 11) is 0. The first-order chi connectivity index (χ1) is 11.2. The van der Waals surface area contributed by atoms with E-state index >= 15 is 0 Å². The van der Waals surface area contributed by atoms with E-state index in [0.29, 0.717) is 0 Å². The first-order valence-corrected chi connectivity index (χ1v) is 8.24. The molecule has 0 N–H and O–H groups in total. The first kappa shape index (κ1) is 15.8. The molecule has 0 unspecified atom stereocenters. The predicted molar refractivity (Wildman–Crippen MR) is 90.8 cm³/mol. The summed E-state index contributed by atoms with van der Waals surface area (Å²) in [6, 6.07) is 21.0. The highest BCUT2D eigenvalue weighted by atomic mass is 16.5. The molecule has 1 saturated heterocycles. The molecule has 2 atom stereocenters. The van der Waals surface area contributed by atoms with Gasteiger partial charge < -0.3 is 4.74 Å². The van der Waals surface area contributed by atoms with Gasteiger partial charge in [-0.1, -0.05) is 60.7 Å². The topological polar surface area (TPSA) is 29.5 Å². The number of nitrogens with zero attached hydrogens (tertiary/aromatic N) is 1. The lowest BCUT2D eigenvalue weighted by Crippen LogP contribution is -2.43. The van der Waals surface area contributed by atoms with Gasteiger partial charge in [0.05, 0.1) is 6.04 Å².